The highest BCUT2D eigenvalue weighted by atomic mass is 16.5. The monoisotopic (exact) mass is 654 g/mol. The van der Waals surface area contributed by atoms with E-state index in [-0.39, 0.29) is 0 Å². The summed E-state index contributed by atoms with van der Waals surface area (Å²) in [5.41, 5.74) is 11.5. The highest BCUT2D eigenvalue weighted by molar-refractivity contribution is 5.90. The lowest BCUT2D eigenvalue weighted by atomic mass is 9.94. The summed E-state index contributed by atoms with van der Waals surface area (Å²) in [7, 11) is 0. The van der Waals surface area contributed by atoms with Crippen LogP contribution in [0.4, 0.5) is 0 Å². The fourth-order valence-corrected chi connectivity index (χ4v) is 6.49. The predicted molar refractivity (Wildman–Crippen MR) is 206 cm³/mol. The zero-order valence-electron chi connectivity index (χ0n) is 27.5. The van der Waals surface area contributed by atoms with Gasteiger partial charge in [0, 0.05) is 45.8 Å². The van der Waals surface area contributed by atoms with E-state index in [1.807, 2.05) is 97.3 Å². The molecule has 0 aliphatic carbocycles. The van der Waals surface area contributed by atoms with Crippen molar-refractivity contribution in [1.29, 1.82) is 0 Å². The summed E-state index contributed by atoms with van der Waals surface area (Å²) < 4.78 is 6.76. The lowest BCUT2D eigenvalue weighted by molar-refractivity contribution is 0.486. The smallest absolute Gasteiger partial charge is 0.160 e. The van der Waals surface area contributed by atoms with Gasteiger partial charge >= 0.3 is 0 Å². The Kier molecular flexibility index (Phi) is 7.76. The van der Waals surface area contributed by atoms with Gasteiger partial charge in [0.2, 0.25) is 0 Å². The normalized spacial score (nSPS) is 11.6. The van der Waals surface area contributed by atoms with Crippen LogP contribution in [0.25, 0.3) is 79.7 Å². The van der Waals surface area contributed by atoms with Crippen LogP contribution in [0.3, 0.4) is 0 Å². The highest BCUT2D eigenvalue weighted by Crippen LogP contribution is 2.42. The average Bonchev–Trinajstić information content (AvgIpc) is 3.23. The first kappa shape index (κ1) is 30.1. The van der Waals surface area contributed by atoms with Gasteiger partial charge in [0.15, 0.2) is 11.6 Å². The van der Waals surface area contributed by atoms with Crippen molar-refractivity contribution in [2.24, 2.45) is 0 Å². The molecule has 0 spiro atoms. The molecule has 6 aromatic carbocycles. The Morgan fingerprint density at radius 3 is 1.57 bits per heavy atom. The molecule has 5 heteroatoms. The molecule has 0 N–H and O–H groups in total. The maximum Gasteiger partial charge on any atom is 0.160 e. The second-order valence-electron chi connectivity index (χ2n) is 12.3. The summed E-state index contributed by atoms with van der Waals surface area (Å²) in [6.45, 7) is 0. The van der Waals surface area contributed by atoms with Gasteiger partial charge in [0.1, 0.15) is 11.5 Å². The van der Waals surface area contributed by atoms with Gasteiger partial charge < -0.3 is 4.74 Å². The quantitative estimate of drug-likeness (QED) is 0.189. The molecule has 0 radical (unpaired) electrons. The number of ether oxygens (including phenoxy) is 1. The Hall–Kier alpha value is -6.98. The number of para-hydroxylation sites is 2. The van der Waals surface area contributed by atoms with Crippen LogP contribution in [0, 0.1) is 0 Å². The van der Waals surface area contributed by atoms with Crippen LogP contribution in [-0.2, 0) is 0 Å². The van der Waals surface area contributed by atoms with Gasteiger partial charge in [-0.15, -0.1) is 0 Å². The number of benzene rings is 6. The van der Waals surface area contributed by atoms with E-state index in [0.717, 1.165) is 78.5 Å². The third-order valence-corrected chi connectivity index (χ3v) is 9.06. The summed E-state index contributed by atoms with van der Waals surface area (Å²) in [5.74, 6) is 2.84. The third kappa shape index (κ3) is 5.98. The molecule has 8 aromatic rings. The third-order valence-electron chi connectivity index (χ3n) is 9.06. The summed E-state index contributed by atoms with van der Waals surface area (Å²) in [4.78, 5) is 19.6. The molecular weight excluding hydrogens is 625 g/mol. The van der Waals surface area contributed by atoms with E-state index in [2.05, 4.69) is 84.9 Å². The first-order valence-electron chi connectivity index (χ1n) is 16.9. The van der Waals surface area contributed by atoms with E-state index in [4.69, 9.17) is 24.7 Å². The molecule has 1 aliphatic rings. The summed E-state index contributed by atoms with van der Waals surface area (Å²) in [6, 6.07) is 53.4. The Labute approximate surface area is 296 Å². The maximum absolute atomic E-state index is 6.76. The molecule has 0 saturated heterocycles. The van der Waals surface area contributed by atoms with E-state index in [1.165, 1.54) is 0 Å². The van der Waals surface area contributed by atoms with E-state index in [1.54, 1.807) is 0 Å². The molecule has 3 heterocycles. The van der Waals surface area contributed by atoms with Gasteiger partial charge in [-0.05, 0) is 46.5 Å². The second kappa shape index (κ2) is 13.1. The van der Waals surface area contributed by atoms with Crippen LogP contribution >= 0.6 is 0 Å². The number of nitrogens with zero attached hydrogens (tertiary/aromatic N) is 4. The predicted octanol–water partition coefficient (Wildman–Crippen LogP) is 11.5. The van der Waals surface area contributed by atoms with Crippen molar-refractivity contribution in [2.75, 3.05) is 0 Å². The molecule has 0 bridgehead atoms. The van der Waals surface area contributed by atoms with Crippen molar-refractivity contribution in [3.8, 4) is 79.0 Å². The van der Waals surface area contributed by atoms with Crippen molar-refractivity contribution >= 4 is 12.2 Å². The average molecular weight is 655 g/mol. The molecule has 51 heavy (non-hydrogen) atoms. The largest absolute Gasteiger partial charge is 0.456 e. The van der Waals surface area contributed by atoms with E-state index in [9.17, 15) is 0 Å². The van der Waals surface area contributed by atoms with Crippen molar-refractivity contribution < 1.29 is 4.74 Å². The number of hydrogen-bond acceptors (Lipinski definition) is 5. The van der Waals surface area contributed by atoms with Gasteiger partial charge in [0.25, 0.3) is 0 Å². The fourth-order valence-electron chi connectivity index (χ4n) is 6.49. The first-order chi connectivity index (χ1) is 25.3. The lowest BCUT2D eigenvalue weighted by Crippen LogP contribution is -1.98. The molecule has 9 rings (SSSR count). The first-order valence-corrected chi connectivity index (χ1v) is 16.9. The molecule has 0 unspecified atom stereocenters. The van der Waals surface area contributed by atoms with E-state index >= 15 is 0 Å². The van der Waals surface area contributed by atoms with Crippen LogP contribution in [0.15, 0.2) is 170 Å². The summed E-state index contributed by atoms with van der Waals surface area (Å²) in [6.07, 6.45) is 8.03. The zero-order chi connectivity index (χ0) is 34.0. The number of aromatic nitrogens is 4. The SMILES string of the molecule is C1=Cc2ccc(-c3nc(-c4ccccc4)cc(-c4cnc(-c5ccccc5)nc4)n3)cc2-c2ccccc2Oc2ccccc2-c2ccccc21. The Morgan fingerprint density at radius 1 is 0.353 bits per heavy atom. The number of hydrogen-bond donors (Lipinski definition) is 0. The lowest BCUT2D eigenvalue weighted by Gasteiger charge is -2.16. The molecular formula is C46H30N4O. The molecule has 0 fully saturated rings. The molecule has 240 valence electrons. The molecule has 5 nitrogen and oxygen atoms in total. The Morgan fingerprint density at radius 2 is 0.882 bits per heavy atom. The molecule has 0 atom stereocenters. The van der Waals surface area contributed by atoms with Crippen LogP contribution in [-0.4, -0.2) is 19.9 Å². The van der Waals surface area contributed by atoms with Gasteiger partial charge in [-0.1, -0.05) is 146 Å². The van der Waals surface area contributed by atoms with Gasteiger partial charge in [-0.25, -0.2) is 19.9 Å². The maximum atomic E-state index is 6.76. The van der Waals surface area contributed by atoms with Crippen LogP contribution in [0.2, 0.25) is 0 Å². The van der Waals surface area contributed by atoms with Crippen molar-refractivity contribution in [2.45, 2.75) is 0 Å². The summed E-state index contributed by atoms with van der Waals surface area (Å²) >= 11 is 0. The van der Waals surface area contributed by atoms with Crippen molar-refractivity contribution in [3.63, 3.8) is 0 Å². The van der Waals surface area contributed by atoms with Crippen LogP contribution in [0.5, 0.6) is 11.5 Å². The molecule has 1 aliphatic heterocycles. The van der Waals surface area contributed by atoms with Crippen LogP contribution < -0.4 is 4.74 Å². The minimum Gasteiger partial charge on any atom is -0.456 e. The van der Waals surface area contributed by atoms with E-state index in [0.29, 0.717) is 11.6 Å². The summed E-state index contributed by atoms with van der Waals surface area (Å²) in [5, 5.41) is 0. The molecule has 0 amide bonds. The highest BCUT2D eigenvalue weighted by Gasteiger charge is 2.18. The second-order valence-corrected chi connectivity index (χ2v) is 12.3. The number of fused-ring (bicyclic) bond motifs is 6. The van der Waals surface area contributed by atoms with Gasteiger partial charge in [0.05, 0.1) is 11.4 Å². The minimum absolute atomic E-state index is 0.605. The molecule has 2 aromatic heterocycles. The topological polar surface area (TPSA) is 60.8 Å². The van der Waals surface area contributed by atoms with Crippen LogP contribution in [0.1, 0.15) is 11.1 Å². The van der Waals surface area contributed by atoms with Crippen molar-refractivity contribution in [1.82, 2.24) is 19.9 Å². The minimum atomic E-state index is 0.605. The molecule has 0 saturated carbocycles. The standard InChI is InChI=1S/C46H30N4O/c1-3-14-33(15-4-1)41-28-42(36-29-47-45(48-30-36)34-16-5-2-6-17-34)50-46(49-41)35-26-25-32-24-23-31-13-7-8-18-37(31)38-19-9-11-21-43(38)51-44-22-12-10-20-39(44)40(32)27-35/h1-30H. The number of rotatable bonds is 4. The van der Waals surface area contributed by atoms with E-state index < -0.39 is 0 Å². The fraction of sp³-hybridized carbons (Fsp3) is 0. The van der Waals surface area contributed by atoms with Gasteiger partial charge in [-0.3, -0.25) is 0 Å². The Balaban J connectivity index is 1.21. The van der Waals surface area contributed by atoms with Crippen molar-refractivity contribution in [3.05, 3.63) is 181 Å². The van der Waals surface area contributed by atoms with Gasteiger partial charge in [-0.2, -0.15) is 0 Å². The zero-order valence-corrected chi connectivity index (χ0v) is 27.5. The Bertz CT molecular complexity index is 2550.